The van der Waals surface area contributed by atoms with E-state index in [1.165, 1.54) is 24.3 Å². The van der Waals surface area contributed by atoms with Crippen LogP contribution >= 0.6 is 11.6 Å². The molecule has 5 heteroatoms. The quantitative estimate of drug-likeness (QED) is 0.911. The maximum atomic E-state index is 12.1. The molecule has 0 saturated carbocycles. The normalized spacial score (nSPS) is 11.4. The summed E-state index contributed by atoms with van der Waals surface area (Å²) in [6.07, 6.45) is 0. The Bertz CT molecular complexity index is 636. The number of hydrogen-bond acceptors (Lipinski definition) is 3. The molecule has 0 fully saturated rings. The van der Waals surface area contributed by atoms with Crippen LogP contribution in [0.5, 0.6) is 5.75 Å². The van der Waals surface area contributed by atoms with Crippen molar-refractivity contribution in [2.75, 3.05) is 0 Å². The van der Waals surface area contributed by atoms with E-state index in [4.69, 9.17) is 11.6 Å². The van der Waals surface area contributed by atoms with Crippen molar-refractivity contribution >= 4 is 21.4 Å². The summed E-state index contributed by atoms with van der Waals surface area (Å²) in [6.45, 7) is 0. The minimum Gasteiger partial charge on any atom is -0.506 e. The van der Waals surface area contributed by atoms with Gasteiger partial charge in [-0.15, -0.1) is 0 Å². The Morgan fingerprint density at radius 3 is 2.18 bits per heavy atom. The molecule has 0 bridgehead atoms. The number of hydrogen-bond donors (Lipinski definition) is 1. The first kappa shape index (κ1) is 12.0. The number of sulfone groups is 1. The van der Waals surface area contributed by atoms with Crippen molar-refractivity contribution in [2.45, 2.75) is 9.79 Å². The van der Waals surface area contributed by atoms with Gasteiger partial charge in [0.15, 0.2) is 0 Å². The Morgan fingerprint density at radius 2 is 1.59 bits per heavy atom. The average molecular weight is 269 g/mol. The van der Waals surface area contributed by atoms with Gasteiger partial charge in [-0.25, -0.2) is 8.42 Å². The van der Waals surface area contributed by atoms with E-state index in [-0.39, 0.29) is 20.6 Å². The van der Waals surface area contributed by atoms with Crippen molar-refractivity contribution in [1.29, 1.82) is 0 Å². The SMILES string of the molecule is O=S(=O)(c1ccccc1)c1ccc(Cl)c(O)c1. The third kappa shape index (κ3) is 2.28. The first-order chi connectivity index (χ1) is 8.01. The predicted molar refractivity (Wildman–Crippen MR) is 65.0 cm³/mol. The number of phenolic OH excluding ortho intramolecular Hbond substituents is 1. The fraction of sp³-hybridized carbons (Fsp3) is 0. The second-order valence-electron chi connectivity index (χ2n) is 3.43. The molecule has 0 radical (unpaired) electrons. The molecule has 0 aliphatic rings. The number of rotatable bonds is 2. The van der Waals surface area contributed by atoms with Crippen LogP contribution in [-0.2, 0) is 9.84 Å². The van der Waals surface area contributed by atoms with E-state index in [9.17, 15) is 13.5 Å². The van der Waals surface area contributed by atoms with Crippen LogP contribution in [0.4, 0.5) is 0 Å². The van der Waals surface area contributed by atoms with Crippen molar-refractivity contribution in [3.63, 3.8) is 0 Å². The average Bonchev–Trinajstić information content (AvgIpc) is 2.33. The van der Waals surface area contributed by atoms with Gasteiger partial charge in [0.25, 0.3) is 0 Å². The summed E-state index contributed by atoms with van der Waals surface area (Å²) in [5, 5.41) is 9.54. The highest BCUT2D eigenvalue weighted by molar-refractivity contribution is 7.91. The first-order valence-corrected chi connectivity index (χ1v) is 6.66. The highest BCUT2D eigenvalue weighted by Crippen LogP contribution is 2.28. The number of phenols is 1. The molecule has 0 heterocycles. The lowest BCUT2D eigenvalue weighted by molar-refractivity contribution is 0.473. The zero-order valence-electron chi connectivity index (χ0n) is 8.67. The van der Waals surface area contributed by atoms with Gasteiger partial charge in [-0.05, 0) is 24.3 Å². The highest BCUT2D eigenvalue weighted by atomic mass is 35.5. The van der Waals surface area contributed by atoms with Crippen molar-refractivity contribution in [1.82, 2.24) is 0 Å². The Labute approximate surface area is 104 Å². The molecule has 0 aliphatic heterocycles. The molecular weight excluding hydrogens is 260 g/mol. The van der Waals surface area contributed by atoms with Crippen molar-refractivity contribution in [3.05, 3.63) is 53.6 Å². The van der Waals surface area contributed by atoms with Crippen LogP contribution in [0.2, 0.25) is 5.02 Å². The standard InChI is InChI=1S/C12H9ClO3S/c13-11-7-6-10(8-12(11)14)17(15,16)9-4-2-1-3-5-9/h1-8,14H. The Balaban J connectivity index is 2.57. The third-order valence-corrected chi connectivity index (χ3v) is 4.37. The highest BCUT2D eigenvalue weighted by Gasteiger charge is 2.18. The van der Waals surface area contributed by atoms with Crippen LogP contribution in [0.15, 0.2) is 58.3 Å². The van der Waals surface area contributed by atoms with Gasteiger partial charge in [-0.2, -0.15) is 0 Å². The summed E-state index contributed by atoms with van der Waals surface area (Å²) in [5.74, 6) is -0.247. The summed E-state index contributed by atoms with van der Waals surface area (Å²) in [5.41, 5.74) is 0. The van der Waals surface area contributed by atoms with Gasteiger partial charge >= 0.3 is 0 Å². The molecule has 0 unspecified atom stereocenters. The number of aromatic hydroxyl groups is 1. The third-order valence-electron chi connectivity index (χ3n) is 2.28. The molecular formula is C12H9ClO3S. The van der Waals surface area contributed by atoms with Gasteiger partial charge in [0.1, 0.15) is 5.75 Å². The molecule has 0 aliphatic carbocycles. The predicted octanol–water partition coefficient (Wildman–Crippen LogP) is 2.88. The van der Waals surface area contributed by atoms with E-state index in [0.717, 1.165) is 6.07 Å². The van der Waals surface area contributed by atoms with Gasteiger partial charge in [-0.3, -0.25) is 0 Å². The van der Waals surface area contributed by atoms with Crippen LogP contribution in [0.25, 0.3) is 0 Å². The molecule has 17 heavy (non-hydrogen) atoms. The van der Waals surface area contributed by atoms with Crippen LogP contribution in [0.3, 0.4) is 0 Å². The molecule has 88 valence electrons. The van der Waals surface area contributed by atoms with Gasteiger partial charge in [0.2, 0.25) is 9.84 Å². The maximum Gasteiger partial charge on any atom is 0.206 e. The summed E-state index contributed by atoms with van der Waals surface area (Å²) in [7, 11) is -3.60. The smallest absolute Gasteiger partial charge is 0.206 e. The fourth-order valence-electron chi connectivity index (χ4n) is 1.40. The molecule has 2 rings (SSSR count). The second kappa shape index (κ2) is 4.39. The van der Waals surface area contributed by atoms with E-state index >= 15 is 0 Å². The summed E-state index contributed by atoms with van der Waals surface area (Å²) >= 11 is 5.63. The lowest BCUT2D eigenvalue weighted by Crippen LogP contribution is -2.01. The second-order valence-corrected chi connectivity index (χ2v) is 5.79. The Kier molecular flexibility index (Phi) is 3.09. The molecule has 0 atom stereocenters. The summed E-state index contributed by atoms with van der Waals surface area (Å²) in [6, 6.07) is 11.9. The lowest BCUT2D eigenvalue weighted by Gasteiger charge is -2.05. The zero-order chi connectivity index (χ0) is 12.5. The van der Waals surface area contributed by atoms with Crippen LogP contribution in [0.1, 0.15) is 0 Å². The van der Waals surface area contributed by atoms with Gasteiger partial charge in [-0.1, -0.05) is 29.8 Å². The molecule has 2 aromatic carbocycles. The zero-order valence-corrected chi connectivity index (χ0v) is 10.2. The Morgan fingerprint density at radius 1 is 0.941 bits per heavy atom. The number of halogens is 1. The minimum atomic E-state index is -3.60. The molecule has 3 nitrogen and oxygen atoms in total. The van der Waals surface area contributed by atoms with Gasteiger partial charge in [0.05, 0.1) is 14.8 Å². The molecule has 0 spiro atoms. The largest absolute Gasteiger partial charge is 0.506 e. The summed E-state index contributed by atoms with van der Waals surface area (Å²) in [4.78, 5) is 0.201. The molecule has 0 amide bonds. The van der Waals surface area contributed by atoms with Crippen molar-refractivity contribution in [2.24, 2.45) is 0 Å². The number of benzene rings is 2. The van der Waals surface area contributed by atoms with E-state index in [1.807, 2.05) is 0 Å². The van der Waals surface area contributed by atoms with Gasteiger partial charge in [0, 0.05) is 6.07 Å². The molecule has 0 aromatic heterocycles. The first-order valence-electron chi connectivity index (χ1n) is 4.80. The van der Waals surface area contributed by atoms with Crippen LogP contribution < -0.4 is 0 Å². The topological polar surface area (TPSA) is 54.4 Å². The van der Waals surface area contributed by atoms with Crippen molar-refractivity contribution in [3.8, 4) is 5.75 Å². The van der Waals surface area contributed by atoms with E-state index in [0.29, 0.717) is 0 Å². The fourth-order valence-corrected chi connectivity index (χ4v) is 2.81. The molecule has 2 aromatic rings. The monoisotopic (exact) mass is 268 g/mol. The van der Waals surface area contributed by atoms with E-state index in [2.05, 4.69) is 0 Å². The maximum absolute atomic E-state index is 12.1. The minimum absolute atomic E-state index is 0.0191. The van der Waals surface area contributed by atoms with E-state index in [1.54, 1.807) is 18.2 Å². The van der Waals surface area contributed by atoms with E-state index < -0.39 is 9.84 Å². The van der Waals surface area contributed by atoms with Crippen molar-refractivity contribution < 1.29 is 13.5 Å². The summed E-state index contributed by atoms with van der Waals surface area (Å²) < 4.78 is 24.3. The van der Waals surface area contributed by atoms with Crippen LogP contribution in [-0.4, -0.2) is 13.5 Å². The molecule has 1 N–H and O–H groups in total. The van der Waals surface area contributed by atoms with Gasteiger partial charge < -0.3 is 5.11 Å². The Hall–Kier alpha value is -1.52. The molecule has 0 saturated heterocycles. The van der Waals surface area contributed by atoms with Crippen LogP contribution in [0, 0.1) is 0 Å². The lowest BCUT2D eigenvalue weighted by atomic mass is 10.3.